The molecule has 2 N–H and O–H groups in total. The highest BCUT2D eigenvalue weighted by Gasteiger charge is 2.18. The van der Waals surface area contributed by atoms with E-state index >= 15 is 0 Å². The van der Waals surface area contributed by atoms with E-state index in [1.807, 2.05) is 18.8 Å². The quantitative estimate of drug-likeness (QED) is 0.598. The number of nitrogens with zero attached hydrogens (tertiary/aromatic N) is 2. The van der Waals surface area contributed by atoms with Crippen LogP contribution in [0.15, 0.2) is 0 Å². The lowest BCUT2D eigenvalue weighted by molar-refractivity contribution is 0.693. The molecule has 0 unspecified atom stereocenters. The van der Waals surface area contributed by atoms with Crippen molar-refractivity contribution >= 4 is 5.82 Å². The number of rotatable bonds is 1. The predicted molar refractivity (Wildman–Crippen MR) is 43.3 cm³/mol. The van der Waals surface area contributed by atoms with Gasteiger partial charge in [-0.05, 0) is 0 Å². The van der Waals surface area contributed by atoms with Crippen molar-refractivity contribution < 1.29 is 0 Å². The van der Waals surface area contributed by atoms with Crippen molar-refractivity contribution in [2.24, 2.45) is 7.05 Å². The molecule has 1 aliphatic heterocycles. The molecule has 1 aliphatic rings. The third kappa shape index (κ3) is 0.826. The summed E-state index contributed by atoms with van der Waals surface area (Å²) in [6, 6.07) is 0. The molecule has 0 fully saturated rings. The molecule has 0 saturated carbocycles. The topological polar surface area (TPSA) is 41.9 Å². The molecule has 1 aromatic rings. The maximum atomic E-state index is 4.35. The highest BCUT2D eigenvalue weighted by Crippen LogP contribution is 2.22. The van der Waals surface area contributed by atoms with Crippen molar-refractivity contribution in [3.63, 3.8) is 0 Å². The Kier molecular flexibility index (Phi) is 1.35. The molecule has 0 aliphatic carbocycles. The van der Waals surface area contributed by atoms with E-state index in [2.05, 4.69) is 15.7 Å². The summed E-state index contributed by atoms with van der Waals surface area (Å²) in [5.41, 5.74) is 2.49. The third-order valence-electron chi connectivity index (χ3n) is 2.06. The van der Waals surface area contributed by atoms with Gasteiger partial charge >= 0.3 is 0 Å². The first kappa shape index (κ1) is 6.67. The molecule has 0 amide bonds. The Morgan fingerprint density at radius 1 is 1.55 bits per heavy atom. The van der Waals surface area contributed by atoms with Gasteiger partial charge in [0, 0.05) is 32.7 Å². The smallest absolute Gasteiger partial charge is 0.128 e. The monoisotopic (exact) mass is 152 g/mol. The van der Waals surface area contributed by atoms with Gasteiger partial charge < -0.3 is 10.6 Å². The maximum Gasteiger partial charge on any atom is 0.128 e. The number of anilines is 1. The molecule has 0 spiro atoms. The lowest BCUT2D eigenvalue weighted by atomic mass is 10.3. The van der Waals surface area contributed by atoms with Crippen LogP contribution in [0.5, 0.6) is 0 Å². The van der Waals surface area contributed by atoms with Crippen LogP contribution in [-0.4, -0.2) is 16.8 Å². The molecule has 2 heterocycles. The van der Waals surface area contributed by atoms with Crippen molar-refractivity contribution in [3.8, 4) is 0 Å². The normalized spacial score (nSPS) is 15.1. The van der Waals surface area contributed by atoms with Crippen LogP contribution in [0.25, 0.3) is 0 Å². The summed E-state index contributed by atoms with van der Waals surface area (Å²) in [4.78, 5) is 0. The predicted octanol–water partition coefficient (Wildman–Crippen LogP) is 0.0650. The maximum absolute atomic E-state index is 4.35. The highest BCUT2D eigenvalue weighted by molar-refractivity contribution is 5.48. The molecular weight excluding hydrogens is 140 g/mol. The van der Waals surface area contributed by atoms with Crippen LogP contribution >= 0.6 is 0 Å². The van der Waals surface area contributed by atoms with Crippen LogP contribution in [0.4, 0.5) is 5.82 Å². The zero-order valence-corrected chi connectivity index (χ0v) is 6.81. The molecule has 4 nitrogen and oxygen atoms in total. The van der Waals surface area contributed by atoms with Crippen LogP contribution in [0.3, 0.4) is 0 Å². The minimum absolute atomic E-state index is 0.908. The summed E-state index contributed by atoms with van der Waals surface area (Å²) >= 11 is 0. The first-order chi connectivity index (χ1) is 5.33. The van der Waals surface area contributed by atoms with Crippen LogP contribution in [0.2, 0.25) is 0 Å². The molecule has 11 heavy (non-hydrogen) atoms. The lowest BCUT2D eigenvalue weighted by Gasteiger charge is -2.01. The van der Waals surface area contributed by atoms with E-state index in [4.69, 9.17) is 0 Å². The van der Waals surface area contributed by atoms with Gasteiger partial charge in [0.25, 0.3) is 0 Å². The standard InChI is InChI=1S/C7H12N4/c1-8-7-5-3-9-4-6(5)10-11(7)2/h8-9H,3-4H2,1-2H3. The fourth-order valence-corrected chi connectivity index (χ4v) is 1.57. The number of nitrogens with one attached hydrogen (secondary N) is 2. The SMILES string of the molecule is CNc1c2c(nn1C)CNC2. The van der Waals surface area contributed by atoms with Gasteiger partial charge in [-0.3, -0.25) is 4.68 Å². The molecule has 0 bridgehead atoms. The molecule has 0 aromatic carbocycles. The fraction of sp³-hybridized carbons (Fsp3) is 0.571. The second-order valence-electron chi connectivity index (χ2n) is 2.75. The molecular formula is C7H12N4. The van der Waals surface area contributed by atoms with E-state index in [1.54, 1.807) is 0 Å². The number of hydrogen-bond donors (Lipinski definition) is 2. The highest BCUT2D eigenvalue weighted by atomic mass is 15.3. The second-order valence-corrected chi connectivity index (χ2v) is 2.75. The largest absolute Gasteiger partial charge is 0.373 e. The summed E-state index contributed by atoms with van der Waals surface area (Å²) in [6.07, 6.45) is 0. The Labute approximate surface area is 65.6 Å². The first-order valence-corrected chi connectivity index (χ1v) is 3.76. The molecule has 4 heteroatoms. The second kappa shape index (κ2) is 2.23. The summed E-state index contributed by atoms with van der Waals surface area (Å²) in [6.45, 7) is 1.85. The summed E-state index contributed by atoms with van der Waals surface area (Å²) < 4.78 is 1.89. The summed E-state index contributed by atoms with van der Waals surface area (Å²) in [7, 11) is 3.89. The molecule has 0 radical (unpaired) electrons. The minimum Gasteiger partial charge on any atom is -0.373 e. The molecule has 0 atom stereocenters. The Morgan fingerprint density at radius 2 is 2.36 bits per heavy atom. The average Bonchev–Trinajstić information content (AvgIpc) is 2.46. The van der Waals surface area contributed by atoms with Crippen molar-refractivity contribution in [2.75, 3.05) is 12.4 Å². The van der Waals surface area contributed by atoms with Crippen LogP contribution in [0.1, 0.15) is 11.3 Å². The van der Waals surface area contributed by atoms with Gasteiger partial charge in [0.05, 0.1) is 5.69 Å². The fourth-order valence-electron chi connectivity index (χ4n) is 1.57. The Hall–Kier alpha value is -1.03. The Morgan fingerprint density at radius 3 is 3.09 bits per heavy atom. The summed E-state index contributed by atoms with van der Waals surface area (Å²) in [5, 5.41) is 10.7. The number of fused-ring (bicyclic) bond motifs is 1. The number of hydrogen-bond acceptors (Lipinski definition) is 3. The molecule has 0 saturated heterocycles. The van der Waals surface area contributed by atoms with E-state index < -0.39 is 0 Å². The van der Waals surface area contributed by atoms with Crippen molar-refractivity contribution in [1.29, 1.82) is 0 Å². The van der Waals surface area contributed by atoms with Gasteiger partial charge in [-0.1, -0.05) is 0 Å². The average molecular weight is 152 g/mol. The number of aryl methyl sites for hydroxylation is 1. The van der Waals surface area contributed by atoms with Gasteiger partial charge in [0.15, 0.2) is 0 Å². The number of aromatic nitrogens is 2. The van der Waals surface area contributed by atoms with Crippen molar-refractivity contribution in [2.45, 2.75) is 13.1 Å². The van der Waals surface area contributed by atoms with Crippen LogP contribution in [0, 0.1) is 0 Å². The van der Waals surface area contributed by atoms with Crippen molar-refractivity contribution in [3.05, 3.63) is 11.3 Å². The molecule has 1 aromatic heterocycles. The van der Waals surface area contributed by atoms with Crippen LogP contribution in [-0.2, 0) is 20.1 Å². The van der Waals surface area contributed by atoms with Crippen LogP contribution < -0.4 is 10.6 Å². The van der Waals surface area contributed by atoms with E-state index in [9.17, 15) is 0 Å². The molecule has 2 rings (SSSR count). The van der Waals surface area contributed by atoms with E-state index in [-0.39, 0.29) is 0 Å². The molecule has 60 valence electrons. The zero-order chi connectivity index (χ0) is 7.84. The third-order valence-corrected chi connectivity index (χ3v) is 2.06. The van der Waals surface area contributed by atoms with Gasteiger partial charge in [0.1, 0.15) is 5.82 Å². The van der Waals surface area contributed by atoms with E-state index in [0.717, 1.165) is 18.9 Å². The van der Waals surface area contributed by atoms with Crippen molar-refractivity contribution in [1.82, 2.24) is 15.1 Å². The van der Waals surface area contributed by atoms with Gasteiger partial charge in [-0.15, -0.1) is 0 Å². The Bertz CT molecular complexity index is 276. The van der Waals surface area contributed by atoms with Gasteiger partial charge in [-0.25, -0.2) is 0 Å². The summed E-state index contributed by atoms with van der Waals surface area (Å²) in [5.74, 6) is 1.13. The minimum atomic E-state index is 0.908. The lowest BCUT2D eigenvalue weighted by Crippen LogP contribution is -2.07. The van der Waals surface area contributed by atoms with Gasteiger partial charge in [0.2, 0.25) is 0 Å². The van der Waals surface area contributed by atoms with E-state index in [0.29, 0.717) is 0 Å². The van der Waals surface area contributed by atoms with E-state index in [1.165, 1.54) is 11.3 Å². The first-order valence-electron chi connectivity index (χ1n) is 3.76. The Balaban J connectivity index is 2.52. The zero-order valence-electron chi connectivity index (χ0n) is 6.81. The van der Waals surface area contributed by atoms with Gasteiger partial charge in [-0.2, -0.15) is 5.10 Å².